The lowest BCUT2D eigenvalue weighted by molar-refractivity contribution is -0.120. The highest BCUT2D eigenvalue weighted by atomic mass is 19.1. The Hall–Kier alpha value is -3.74. The standard InChI is InChI=1S/C23H19F2N3O2/c1-14-19(20-11-17(25)4-7-21(20)28-14)12-22(29)27-13-15-8-9-26-23(10-15)30-18-5-2-16(24)3-6-18/h2-11,28H,12-13H2,1H3,(H,27,29). The topological polar surface area (TPSA) is 67.0 Å². The number of hydrogen-bond acceptors (Lipinski definition) is 3. The van der Waals surface area contributed by atoms with E-state index in [1.807, 2.05) is 6.92 Å². The second-order valence-electron chi connectivity index (χ2n) is 6.93. The Morgan fingerprint density at radius 3 is 2.63 bits per heavy atom. The fourth-order valence-corrected chi connectivity index (χ4v) is 3.25. The maximum atomic E-state index is 13.6. The van der Waals surface area contributed by atoms with Gasteiger partial charge in [0.25, 0.3) is 0 Å². The number of pyridine rings is 1. The zero-order valence-electron chi connectivity index (χ0n) is 16.2. The molecule has 7 heteroatoms. The van der Waals surface area contributed by atoms with Crippen molar-refractivity contribution in [1.82, 2.24) is 15.3 Å². The van der Waals surface area contributed by atoms with E-state index in [0.717, 1.165) is 22.3 Å². The van der Waals surface area contributed by atoms with E-state index in [4.69, 9.17) is 4.74 Å². The van der Waals surface area contributed by atoms with Crippen molar-refractivity contribution in [3.8, 4) is 11.6 Å². The van der Waals surface area contributed by atoms with Crippen LogP contribution in [0.25, 0.3) is 10.9 Å². The Morgan fingerprint density at radius 1 is 1.07 bits per heavy atom. The first kappa shape index (κ1) is 19.6. The van der Waals surface area contributed by atoms with Crippen LogP contribution in [-0.4, -0.2) is 15.9 Å². The summed E-state index contributed by atoms with van der Waals surface area (Å²) in [5.41, 5.74) is 3.22. The van der Waals surface area contributed by atoms with Gasteiger partial charge >= 0.3 is 0 Å². The van der Waals surface area contributed by atoms with Crippen molar-refractivity contribution in [2.45, 2.75) is 19.9 Å². The van der Waals surface area contributed by atoms with Gasteiger partial charge in [0.15, 0.2) is 0 Å². The van der Waals surface area contributed by atoms with Crippen molar-refractivity contribution in [3.05, 3.63) is 89.2 Å². The van der Waals surface area contributed by atoms with Gasteiger partial charge in [-0.05, 0) is 66.6 Å². The molecule has 5 nitrogen and oxygen atoms in total. The molecule has 2 aromatic heterocycles. The number of H-pyrrole nitrogens is 1. The van der Waals surface area contributed by atoms with Crippen LogP contribution in [0.3, 0.4) is 0 Å². The number of amides is 1. The molecule has 0 spiro atoms. The minimum absolute atomic E-state index is 0.138. The number of nitrogens with one attached hydrogen (secondary N) is 2. The quantitative estimate of drug-likeness (QED) is 0.482. The molecule has 4 rings (SSSR count). The molecule has 0 aliphatic rings. The molecular formula is C23H19F2N3O2. The number of carbonyl (C=O) groups excluding carboxylic acids is 1. The average Bonchev–Trinajstić information content (AvgIpc) is 3.03. The summed E-state index contributed by atoms with van der Waals surface area (Å²) >= 11 is 0. The van der Waals surface area contributed by atoms with Gasteiger partial charge in [-0.1, -0.05) is 0 Å². The van der Waals surface area contributed by atoms with Gasteiger partial charge < -0.3 is 15.0 Å². The summed E-state index contributed by atoms with van der Waals surface area (Å²) in [5.74, 6) is -0.0573. The number of ether oxygens (including phenoxy) is 1. The Morgan fingerprint density at radius 2 is 1.83 bits per heavy atom. The molecule has 152 valence electrons. The maximum Gasteiger partial charge on any atom is 0.224 e. The summed E-state index contributed by atoms with van der Waals surface area (Å²) in [4.78, 5) is 19.8. The molecule has 0 atom stereocenters. The van der Waals surface area contributed by atoms with E-state index < -0.39 is 0 Å². The highest BCUT2D eigenvalue weighted by Gasteiger charge is 2.13. The first-order chi connectivity index (χ1) is 14.5. The fourth-order valence-electron chi connectivity index (χ4n) is 3.25. The van der Waals surface area contributed by atoms with Gasteiger partial charge in [0, 0.05) is 35.4 Å². The van der Waals surface area contributed by atoms with Crippen LogP contribution in [0.15, 0.2) is 60.8 Å². The molecule has 4 aromatic rings. The van der Waals surface area contributed by atoms with Crippen LogP contribution in [0, 0.1) is 18.6 Å². The fraction of sp³-hybridized carbons (Fsp3) is 0.130. The summed E-state index contributed by atoms with van der Waals surface area (Å²) in [5, 5.41) is 3.57. The number of fused-ring (bicyclic) bond motifs is 1. The van der Waals surface area contributed by atoms with Crippen LogP contribution in [0.1, 0.15) is 16.8 Å². The van der Waals surface area contributed by atoms with E-state index in [2.05, 4.69) is 15.3 Å². The van der Waals surface area contributed by atoms with Crippen molar-refractivity contribution >= 4 is 16.8 Å². The smallest absolute Gasteiger partial charge is 0.224 e. The Balaban J connectivity index is 1.40. The van der Waals surface area contributed by atoms with Gasteiger partial charge in [-0.25, -0.2) is 13.8 Å². The normalized spacial score (nSPS) is 10.9. The lowest BCUT2D eigenvalue weighted by Gasteiger charge is -2.08. The second kappa shape index (κ2) is 8.32. The molecule has 0 saturated carbocycles. The van der Waals surface area contributed by atoms with Gasteiger partial charge in [0.2, 0.25) is 11.8 Å². The van der Waals surface area contributed by atoms with Gasteiger partial charge in [-0.2, -0.15) is 0 Å². The van der Waals surface area contributed by atoms with E-state index in [0.29, 0.717) is 17.0 Å². The molecule has 0 aliphatic carbocycles. The third kappa shape index (κ3) is 4.46. The zero-order valence-corrected chi connectivity index (χ0v) is 16.2. The van der Waals surface area contributed by atoms with Crippen molar-refractivity contribution in [2.75, 3.05) is 0 Å². The largest absolute Gasteiger partial charge is 0.439 e. The van der Waals surface area contributed by atoms with Crippen molar-refractivity contribution in [2.24, 2.45) is 0 Å². The predicted octanol–water partition coefficient (Wildman–Crippen LogP) is 4.80. The van der Waals surface area contributed by atoms with Crippen LogP contribution in [0.4, 0.5) is 8.78 Å². The van der Waals surface area contributed by atoms with Crippen LogP contribution in [0.5, 0.6) is 11.6 Å². The molecule has 0 radical (unpaired) electrons. The molecule has 30 heavy (non-hydrogen) atoms. The van der Waals surface area contributed by atoms with Gasteiger partial charge in [0.1, 0.15) is 17.4 Å². The number of benzene rings is 2. The molecule has 1 amide bonds. The number of aromatic amines is 1. The monoisotopic (exact) mass is 407 g/mol. The molecule has 0 fully saturated rings. The lowest BCUT2D eigenvalue weighted by atomic mass is 10.1. The number of carbonyl (C=O) groups is 1. The summed E-state index contributed by atoms with van der Waals surface area (Å²) in [7, 11) is 0. The van der Waals surface area contributed by atoms with E-state index >= 15 is 0 Å². The SMILES string of the molecule is Cc1[nH]c2ccc(F)cc2c1CC(=O)NCc1ccnc(Oc2ccc(F)cc2)c1. The zero-order chi connectivity index (χ0) is 21.1. The van der Waals surface area contributed by atoms with Gasteiger partial charge in [-0.15, -0.1) is 0 Å². The first-order valence-electron chi connectivity index (χ1n) is 9.40. The number of halogens is 2. The average molecular weight is 407 g/mol. The molecule has 0 bridgehead atoms. The predicted molar refractivity (Wildman–Crippen MR) is 109 cm³/mol. The van der Waals surface area contributed by atoms with Crippen LogP contribution < -0.4 is 10.1 Å². The highest BCUT2D eigenvalue weighted by Crippen LogP contribution is 2.24. The summed E-state index contributed by atoms with van der Waals surface area (Å²) < 4.78 is 32.2. The molecule has 0 unspecified atom stereocenters. The lowest BCUT2D eigenvalue weighted by Crippen LogP contribution is -2.24. The van der Waals surface area contributed by atoms with E-state index in [-0.39, 0.29) is 30.5 Å². The van der Waals surface area contributed by atoms with Crippen LogP contribution in [0.2, 0.25) is 0 Å². The van der Waals surface area contributed by atoms with Gasteiger partial charge in [0.05, 0.1) is 6.42 Å². The molecule has 0 aliphatic heterocycles. The molecular weight excluding hydrogens is 388 g/mol. The van der Waals surface area contributed by atoms with Crippen molar-refractivity contribution in [1.29, 1.82) is 0 Å². The number of rotatable bonds is 6. The summed E-state index contributed by atoms with van der Waals surface area (Å²) in [6.07, 6.45) is 1.71. The molecule has 2 aromatic carbocycles. The van der Waals surface area contributed by atoms with Crippen molar-refractivity contribution in [3.63, 3.8) is 0 Å². The Kier molecular flexibility index (Phi) is 5.43. The Bertz CT molecular complexity index is 1200. The van der Waals surface area contributed by atoms with Crippen molar-refractivity contribution < 1.29 is 18.3 Å². The third-order valence-electron chi connectivity index (χ3n) is 4.74. The number of hydrogen-bond donors (Lipinski definition) is 2. The number of aryl methyl sites for hydroxylation is 1. The minimum Gasteiger partial charge on any atom is -0.439 e. The van der Waals surface area contributed by atoms with E-state index in [1.165, 1.54) is 36.4 Å². The minimum atomic E-state index is -0.347. The first-order valence-corrected chi connectivity index (χ1v) is 9.40. The Labute approximate surface area is 171 Å². The molecule has 0 saturated heterocycles. The molecule has 2 N–H and O–H groups in total. The highest BCUT2D eigenvalue weighted by molar-refractivity contribution is 5.90. The van der Waals surface area contributed by atoms with E-state index in [1.54, 1.807) is 24.4 Å². The number of nitrogens with zero attached hydrogens (tertiary/aromatic N) is 1. The van der Waals surface area contributed by atoms with Crippen LogP contribution in [-0.2, 0) is 17.8 Å². The molecule has 2 heterocycles. The maximum absolute atomic E-state index is 13.6. The third-order valence-corrected chi connectivity index (χ3v) is 4.74. The summed E-state index contributed by atoms with van der Waals surface area (Å²) in [6.45, 7) is 2.15. The van der Waals surface area contributed by atoms with Crippen LogP contribution >= 0.6 is 0 Å². The number of aromatic nitrogens is 2. The van der Waals surface area contributed by atoms with Gasteiger partial charge in [-0.3, -0.25) is 4.79 Å². The second-order valence-corrected chi connectivity index (χ2v) is 6.93. The van der Waals surface area contributed by atoms with E-state index in [9.17, 15) is 13.6 Å². The summed E-state index contributed by atoms with van der Waals surface area (Å²) in [6, 6.07) is 13.6.